The lowest BCUT2D eigenvalue weighted by atomic mass is 10.1. The van der Waals surface area contributed by atoms with Crippen LogP contribution >= 0.6 is 0 Å². The Balaban J connectivity index is 1.88. The number of para-hydroxylation sites is 1. The molecule has 0 amide bonds. The summed E-state index contributed by atoms with van der Waals surface area (Å²) in [7, 11) is 0. The first-order valence-electron chi connectivity index (χ1n) is 6.29. The number of nitro groups is 1. The molecule has 1 saturated carbocycles. The zero-order valence-corrected chi connectivity index (χ0v) is 10.2. The van der Waals surface area contributed by atoms with E-state index in [1.165, 1.54) is 6.07 Å². The number of hydrogen-bond acceptors (Lipinski definition) is 4. The quantitative estimate of drug-likeness (QED) is 0.617. The van der Waals surface area contributed by atoms with Gasteiger partial charge in [-0.3, -0.25) is 10.1 Å². The fourth-order valence-electron chi connectivity index (χ4n) is 2.49. The molecule has 18 heavy (non-hydrogen) atoms. The fourth-order valence-corrected chi connectivity index (χ4v) is 2.49. The highest BCUT2D eigenvalue weighted by atomic mass is 16.6. The van der Waals surface area contributed by atoms with E-state index in [2.05, 4.69) is 5.32 Å². The summed E-state index contributed by atoms with van der Waals surface area (Å²) in [4.78, 5) is 10.5. The third-order valence-corrected chi connectivity index (χ3v) is 3.53. The van der Waals surface area contributed by atoms with Crippen LogP contribution in [0.15, 0.2) is 24.3 Å². The van der Waals surface area contributed by atoms with Crippen LogP contribution in [0, 0.1) is 16.0 Å². The van der Waals surface area contributed by atoms with Crippen LogP contribution in [0.25, 0.3) is 0 Å². The maximum Gasteiger partial charge on any atom is 0.273 e. The SMILES string of the molecule is O=[N+]([O-])c1ccccc1CNCC1CCCC1O. The van der Waals surface area contributed by atoms with Crippen molar-refractivity contribution in [3.05, 3.63) is 39.9 Å². The minimum atomic E-state index is -0.360. The van der Waals surface area contributed by atoms with E-state index >= 15 is 0 Å². The molecule has 0 saturated heterocycles. The van der Waals surface area contributed by atoms with Gasteiger partial charge in [0.2, 0.25) is 0 Å². The van der Waals surface area contributed by atoms with Crippen molar-refractivity contribution in [2.75, 3.05) is 6.54 Å². The highest BCUT2D eigenvalue weighted by Gasteiger charge is 2.24. The van der Waals surface area contributed by atoms with Gasteiger partial charge in [-0.2, -0.15) is 0 Å². The third-order valence-electron chi connectivity index (χ3n) is 3.53. The van der Waals surface area contributed by atoms with Gasteiger partial charge in [-0.05, 0) is 18.8 Å². The van der Waals surface area contributed by atoms with Gasteiger partial charge in [0.1, 0.15) is 0 Å². The molecular weight excluding hydrogens is 232 g/mol. The standard InChI is InChI=1S/C13H18N2O3/c16-13-7-3-5-11(13)9-14-8-10-4-1-2-6-12(10)15(17)18/h1-2,4,6,11,13-14,16H,3,5,7-9H2. The number of benzene rings is 1. The normalized spacial score (nSPS) is 23.2. The van der Waals surface area contributed by atoms with Crippen molar-refractivity contribution in [1.29, 1.82) is 0 Å². The lowest BCUT2D eigenvalue weighted by molar-refractivity contribution is -0.385. The molecule has 0 radical (unpaired) electrons. The van der Waals surface area contributed by atoms with E-state index in [-0.39, 0.29) is 22.6 Å². The minimum Gasteiger partial charge on any atom is -0.393 e. The van der Waals surface area contributed by atoms with Crippen molar-refractivity contribution in [3.8, 4) is 0 Å². The predicted molar refractivity (Wildman–Crippen MR) is 68.2 cm³/mol. The number of aliphatic hydroxyl groups is 1. The summed E-state index contributed by atoms with van der Waals surface area (Å²) in [6.07, 6.45) is 2.75. The van der Waals surface area contributed by atoms with Crippen LogP contribution in [0.5, 0.6) is 0 Å². The predicted octanol–water partition coefficient (Wildman–Crippen LogP) is 1.85. The van der Waals surface area contributed by atoms with Crippen molar-refractivity contribution in [2.24, 2.45) is 5.92 Å². The van der Waals surface area contributed by atoms with E-state index in [1.54, 1.807) is 18.2 Å². The number of hydrogen-bond donors (Lipinski definition) is 2. The van der Waals surface area contributed by atoms with E-state index in [1.807, 2.05) is 0 Å². The van der Waals surface area contributed by atoms with E-state index in [0.717, 1.165) is 19.3 Å². The number of nitro benzene ring substituents is 1. The van der Waals surface area contributed by atoms with Crippen molar-refractivity contribution >= 4 is 5.69 Å². The summed E-state index contributed by atoms with van der Waals surface area (Å²) in [5.41, 5.74) is 0.840. The Bertz CT molecular complexity index is 422. The van der Waals surface area contributed by atoms with E-state index in [0.29, 0.717) is 18.7 Å². The van der Waals surface area contributed by atoms with Gasteiger partial charge in [0.05, 0.1) is 11.0 Å². The Morgan fingerprint density at radius 3 is 2.83 bits per heavy atom. The second-order valence-electron chi connectivity index (χ2n) is 4.78. The maximum absolute atomic E-state index is 10.8. The van der Waals surface area contributed by atoms with Crippen LogP contribution in [0.2, 0.25) is 0 Å². The van der Waals surface area contributed by atoms with Crippen LogP contribution in [-0.2, 0) is 6.54 Å². The molecule has 0 aliphatic heterocycles. The molecule has 0 spiro atoms. The first-order chi connectivity index (χ1) is 8.68. The average Bonchev–Trinajstić information content (AvgIpc) is 2.76. The summed E-state index contributed by atoms with van der Waals surface area (Å²) < 4.78 is 0. The number of nitrogens with zero attached hydrogens (tertiary/aromatic N) is 1. The number of rotatable bonds is 5. The minimum absolute atomic E-state index is 0.150. The van der Waals surface area contributed by atoms with Crippen molar-refractivity contribution in [1.82, 2.24) is 5.32 Å². The van der Waals surface area contributed by atoms with Crippen LogP contribution in [-0.4, -0.2) is 22.7 Å². The van der Waals surface area contributed by atoms with Gasteiger partial charge < -0.3 is 10.4 Å². The lowest BCUT2D eigenvalue weighted by Crippen LogP contribution is -2.27. The van der Waals surface area contributed by atoms with Crippen molar-refractivity contribution in [2.45, 2.75) is 31.9 Å². The molecule has 1 aromatic carbocycles. The largest absolute Gasteiger partial charge is 0.393 e. The van der Waals surface area contributed by atoms with E-state index in [9.17, 15) is 15.2 Å². The Hall–Kier alpha value is -1.46. The highest BCUT2D eigenvalue weighted by molar-refractivity contribution is 5.39. The Morgan fingerprint density at radius 2 is 2.17 bits per heavy atom. The fraction of sp³-hybridized carbons (Fsp3) is 0.538. The molecule has 2 N–H and O–H groups in total. The monoisotopic (exact) mass is 250 g/mol. The number of aliphatic hydroxyl groups excluding tert-OH is 1. The molecule has 5 heteroatoms. The van der Waals surface area contributed by atoms with Gasteiger partial charge in [-0.25, -0.2) is 0 Å². The molecule has 0 heterocycles. The third kappa shape index (κ3) is 3.05. The molecule has 0 aromatic heterocycles. The second kappa shape index (κ2) is 5.93. The Labute approximate surface area is 106 Å². The van der Waals surface area contributed by atoms with Gasteiger partial charge >= 0.3 is 0 Å². The van der Waals surface area contributed by atoms with Crippen LogP contribution in [0.3, 0.4) is 0 Å². The first kappa shape index (κ1) is 13.0. The van der Waals surface area contributed by atoms with E-state index < -0.39 is 0 Å². The van der Waals surface area contributed by atoms with Gasteiger partial charge in [0.15, 0.2) is 0 Å². The molecule has 1 aliphatic carbocycles. The smallest absolute Gasteiger partial charge is 0.273 e. The van der Waals surface area contributed by atoms with Gasteiger partial charge in [-0.1, -0.05) is 24.6 Å². The average molecular weight is 250 g/mol. The second-order valence-corrected chi connectivity index (χ2v) is 4.78. The molecule has 2 unspecified atom stereocenters. The molecule has 1 fully saturated rings. The van der Waals surface area contributed by atoms with Gasteiger partial charge in [0.25, 0.3) is 5.69 Å². The Morgan fingerprint density at radius 1 is 1.39 bits per heavy atom. The van der Waals surface area contributed by atoms with E-state index in [4.69, 9.17) is 0 Å². The summed E-state index contributed by atoms with van der Waals surface area (Å²) in [5.74, 6) is 0.285. The zero-order chi connectivity index (χ0) is 13.0. The molecule has 98 valence electrons. The summed E-state index contributed by atoms with van der Waals surface area (Å²) >= 11 is 0. The summed E-state index contributed by atoms with van der Waals surface area (Å²) in [6.45, 7) is 1.19. The van der Waals surface area contributed by atoms with Gasteiger partial charge in [0, 0.05) is 24.7 Å². The lowest BCUT2D eigenvalue weighted by Gasteiger charge is -2.15. The topological polar surface area (TPSA) is 75.4 Å². The maximum atomic E-state index is 10.8. The van der Waals surface area contributed by atoms with Crippen LogP contribution in [0.4, 0.5) is 5.69 Å². The summed E-state index contributed by atoms with van der Waals surface area (Å²) in [5, 5.41) is 23.7. The molecule has 1 aliphatic rings. The first-order valence-corrected chi connectivity index (χ1v) is 6.29. The number of nitrogens with one attached hydrogen (secondary N) is 1. The molecule has 0 bridgehead atoms. The highest BCUT2D eigenvalue weighted by Crippen LogP contribution is 2.25. The summed E-state index contributed by atoms with van der Waals surface area (Å²) in [6, 6.07) is 6.74. The Kier molecular flexibility index (Phi) is 4.28. The van der Waals surface area contributed by atoms with Crippen molar-refractivity contribution in [3.63, 3.8) is 0 Å². The molecular formula is C13H18N2O3. The molecule has 2 rings (SSSR count). The molecule has 1 aromatic rings. The molecule has 2 atom stereocenters. The van der Waals surface area contributed by atoms with Crippen LogP contribution in [0.1, 0.15) is 24.8 Å². The van der Waals surface area contributed by atoms with Crippen molar-refractivity contribution < 1.29 is 10.0 Å². The van der Waals surface area contributed by atoms with Crippen LogP contribution < -0.4 is 5.32 Å². The molecule has 5 nitrogen and oxygen atoms in total. The zero-order valence-electron chi connectivity index (χ0n) is 10.2. The van der Waals surface area contributed by atoms with Gasteiger partial charge in [-0.15, -0.1) is 0 Å².